The van der Waals surface area contributed by atoms with Crippen LogP contribution in [-0.2, 0) is 9.59 Å². The average molecular weight is 630 g/mol. The standard InChI is InChI=1S/C33H33ClFN7O3/c1-4-25(43)40-16-24-33(44)42-15-19(14-39-9-5-6-10-39)45-32-31(42)30(41(24)13-18(40)3)20-11-22(34)27(28(35)29(20)37-32)26-17(2)7-8-23-21(26)12-36-38-23/h4,7-8,11-12,18-19,24H,1,5-6,9-10,13-16H2,2-3H3,(H,36,38)/t18-,19-,24-/m1/s1. The summed E-state index contributed by atoms with van der Waals surface area (Å²) < 4.78 is 23.6. The zero-order chi connectivity index (χ0) is 31.1. The molecule has 0 aliphatic carbocycles. The Balaban J connectivity index is 1.35. The predicted molar refractivity (Wildman–Crippen MR) is 171 cm³/mol. The summed E-state index contributed by atoms with van der Waals surface area (Å²) in [6.45, 7) is 11.0. The van der Waals surface area contributed by atoms with Crippen LogP contribution in [0.4, 0.5) is 15.8 Å². The maximum atomic E-state index is 17.0. The van der Waals surface area contributed by atoms with Crippen molar-refractivity contribution in [3.8, 4) is 17.0 Å². The molecule has 0 bridgehead atoms. The van der Waals surface area contributed by atoms with Gasteiger partial charge in [0.2, 0.25) is 11.8 Å². The number of benzene rings is 2. The molecule has 4 aromatic rings. The van der Waals surface area contributed by atoms with Gasteiger partial charge < -0.3 is 19.4 Å². The number of aryl methyl sites for hydroxylation is 1. The number of pyridine rings is 1. The number of halogens is 2. The number of nitrogens with zero attached hydrogens (tertiary/aromatic N) is 6. The number of likely N-dealkylation sites (tertiary alicyclic amines) is 1. The van der Waals surface area contributed by atoms with Crippen LogP contribution in [0, 0.1) is 12.7 Å². The van der Waals surface area contributed by atoms with Gasteiger partial charge in [-0.25, -0.2) is 9.37 Å². The first-order chi connectivity index (χ1) is 21.7. The molecule has 10 nitrogen and oxygen atoms in total. The molecule has 1 N–H and O–H groups in total. The van der Waals surface area contributed by atoms with Gasteiger partial charge in [-0.05, 0) is 63.6 Å². The Hall–Kier alpha value is -4.22. The number of carbonyl (C=O) groups excluding carboxylic acids is 2. The third-order valence-electron chi connectivity index (χ3n) is 9.80. The van der Waals surface area contributed by atoms with Crippen LogP contribution in [0.25, 0.3) is 32.9 Å². The molecule has 2 aromatic heterocycles. The minimum atomic E-state index is -0.662. The van der Waals surface area contributed by atoms with Gasteiger partial charge in [0.15, 0.2) is 5.82 Å². The Bertz CT molecular complexity index is 1920. The van der Waals surface area contributed by atoms with E-state index in [4.69, 9.17) is 21.3 Å². The van der Waals surface area contributed by atoms with Crippen molar-refractivity contribution in [1.82, 2.24) is 25.0 Å². The van der Waals surface area contributed by atoms with Gasteiger partial charge in [-0.15, -0.1) is 0 Å². The topological polar surface area (TPSA) is 97.9 Å². The summed E-state index contributed by atoms with van der Waals surface area (Å²) in [6, 6.07) is 4.68. The maximum Gasteiger partial charge on any atom is 0.251 e. The second-order valence-corrected chi connectivity index (χ2v) is 13.0. The number of carbonyl (C=O) groups is 2. The molecule has 2 amide bonds. The molecule has 0 radical (unpaired) electrons. The monoisotopic (exact) mass is 629 g/mol. The van der Waals surface area contributed by atoms with Gasteiger partial charge in [0.1, 0.15) is 23.3 Å². The van der Waals surface area contributed by atoms with Crippen LogP contribution in [-0.4, -0.2) is 94.3 Å². The Labute approximate surface area is 264 Å². The number of aromatic amines is 1. The fourth-order valence-corrected chi connectivity index (χ4v) is 7.95. The summed E-state index contributed by atoms with van der Waals surface area (Å²) in [4.78, 5) is 39.6. The Morgan fingerprint density at radius 3 is 2.76 bits per heavy atom. The van der Waals surface area contributed by atoms with Crippen LogP contribution in [0.2, 0.25) is 5.02 Å². The zero-order valence-electron chi connectivity index (χ0n) is 25.1. The van der Waals surface area contributed by atoms with Gasteiger partial charge in [-0.3, -0.25) is 19.6 Å². The number of H-pyrrole nitrogens is 1. The van der Waals surface area contributed by atoms with E-state index in [1.165, 1.54) is 6.08 Å². The largest absolute Gasteiger partial charge is 0.470 e. The number of piperazine rings is 1. The summed E-state index contributed by atoms with van der Waals surface area (Å²) in [5, 5.41) is 8.62. The molecule has 2 aromatic carbocycles. The summed E-state index contributed by atoms with van der Waals surface area (Å²) >= 11 is 6.99. The van der Waals surface area contributed by atoms with Crippen molar-refractivity contribution in [3.63, 3.8) is 0 Å². The third kappa shape index (κ3) is 4.24. The van der Waals surface area contributed by atoms with Crippen molar-refractivity contribution in [1.29, 1.82) is 0 Å². The minimum Gasteiger partial charge on any atom is -0.470 e. The lowest BCUT2D eigenvalue weighted by atomic mass is 9.93. The molecule has 4 aliphatic rings. The third-order valence-corrected chi connectivity index (χ3v) is 10.1. The second kappa shape index (κ2) is 10.4. The van der Waals surface area contributed by atoms with Crippen LogP contribution < -0.4 is 14.5 Å². The Kier molecular flexibility index (Phi) is 6.54. The van der Waals surface area contributed by atoms with Crippen molar-refractivity contribution >= 4 is 56.6 Å². The van der Waals surface area contributed by atoms with Crippen molar-refractivity contribution in [2.75, 3.05) is 49.1 Å². The lowest BCUT2D eigenvalue weighted by Crippen LogP contribution is -2.67. The molecule has 6 heterocycles. The number of nitrogens with one attached hydrogen (secondary N) is 1. The maximum absolute atomic E-state index is 17.0. The summed E-state index contributed by atoms with van der Waals surface area (Å²) in [7, 11) is 0. The van der Waals surface area contributed by atoms with E-state index in [1.807, 2.05) is 30.9 Å². The zero-order valence-corrected chi connectivity index (χ0v) is 25.9. The smallest absolute Gasteiger partial charge is 0.251 e. The molecule has 45 heavy (non-hydrogen) atoms. The molecule has 3 atom stereocenters. The van der Waals surface area contributed by atoms with Crippen LogP contribution in [0.5, 0.6) is 5.88 Å². The summed E-state index contributed by atoms with van der Waals surface area (Å²) in [6.07, 6.45) is 4.87. The Morgan fingerprint density at radius 1 is 1.18 bits per heavy atom. The van der Waals surface area contributed by atoms with E-state index in [2.05, 4.69) is 21.7 Å². The van der Waals surface area contributed by atoms with E-state index >= 15 is 4.39 Å². The highest BCUT2D eigenvalue weighted by molar-refractivity contribution is 6.35. The highest BCUT2D eigenvalue weighted by Crippen LogP contribution is 2.52. The van der Waals surface area contributed by atoms with Gasteiger partial charge in [-0.2, -0.15) is 5.10 Å². The second-order valence-electron chi connectivity index (χ2n) is 12.6. The van der Waals surface area contributed by atoms with Crippen molar-refractivity contribution in [2.45, 2.75) is 44.9 Å². The van der Waals surface area contributed by atoms with E-state index in [-0.39, 0.29) is 52.5 Å². The first kappa shape index (κ1) is 28.3. The SMILES string of the molecule is C=CC(=O)N1C[C@@H]2C(=O)N3C[C@@H](CN4CCCC4)Oc4nc5c(F)c(-c6c(C)ccc7[nH]ncc67)c(Cl)cc5c(c43)N2C[C@H]1C. The number of fused-ring (bicyclic) bond motifs is 5. The molecule has 4 aliphatic heterocycles. The first-order valence-electron chi connectivity index (χ1n) is 15.4. The molecule has 0 saturated carbocycles. The molecule has 0 unspecified atom stereocenters. The van der Waals surface area contributed by atoms with Gasteiger partial charge >= 0.3 is 0 Å². The van der Waals surface area contributed by atoms with E-state index < -0.39 is 11.9 Å². The number of hydrogen-bond donors (Lipinski definition) is 1. The molecular formula is C33H33ClFN7O3. The molecule has 2 fully saturated rings. The van der Waals surface area contributed by atoms with Crippen LogP contribution in [0.15, 0.2) is 37.1 Å². The van der Waals surface area contributed by atoms with Gasteiger partial charge in [-0.1, -0.05) is 24.2 Å². The molecule has 8 rings (SSSR count). The van der Waals surface area contributed by atoms with Gasteiger partial charge in [0.05, 0.1) is 35.5 Å². The lowest BCUT2D eigenvalue weighted by Gasteiger charge is -2.52. The highest BCUT2D eigenvalue weighted by Gasteiger charge is 2.49. The Morgan fingerprint density at radius 2 is 1.98 bits per heavy atom. The van der Waals surface area contributed by atoms with Crippen molar-refractivity contribution < 1.29 is 18.7 Å². The number of ether oxygens (including phenoxy) is 1. The van der Waals surface area contributed by atoms with E-state index in [0.29, 0.717) is 42.0 Å². The van der Waals surface area contributed by atoms with Crippen LogP contribution >= 0.6 is 11.6 Å². The normalized spacial score (nSPS) is 23.0. The van der Waals surface area contributed by atoms with Crippen molar-refractivity contribution in [3.05, 3.63) is 53.5 Å². The minimum absolute atomic E-state index is 0.121. The first-order valence-corrected chi connectivity index (χ1v) is 15.8. The van der Waals surface area contributed by atoms with E-state index in [0.717, 1.165) is 42.4 Å². The number of anilines is 2. The fourth-order valence-electron chi connectivity index (χ4n) is 7.66. The van der Waals surface area contributed by atoms with Crippen molar-refractivity contribution in [2.24, 2.45) is 0 Å². The highest BCUT2D eigenvalue weighted by atomic mass is 35.5. The van der Waals surface area contributed by atoms with Gasteiger partial charge in [0, 0.05) is 41.0 Å². The lowest BCUT2D eigenvalue weighted by molar-refractivity contribution is -0.131. The molecule has 12 heteroatoms. The molecular weight excluding hydrogens is 597 g/mol. The van der Waals surface area contributed by atoms with E-state index in [1.54, 1.807) is 22.1 Å². The average Bonchev–Trinajstić information content (AvgIpc) is 3.72. The number of rotatable bonds is 4. The van der Waals surface area contributed by atoms with E-state index in [9.17, 15) is 9.59 Å². The molecule has 232 valence electrons. The summed E-state index contributed by atoms with van der Waals surface area (Å²) in [5.74, 6) is -0.675. The molecule has 0 spiro atoms. The predicted octanol–water partition coefficient (Wildman–Crippen LogP) is 4.67. The van der Waals surface area contributed by atoms with Gasteiger partial charge in [0.25, 0.3) is 5.91 Å². The quantitative estimate of drug-likeness (QED) is 0.328. The number of amides is 2. The van der Waals surface area contributed by atoms with Crippen LogP contribution in [0.1, 0.15) is 25.3 Å². The fraction of sp³-hybridized carbons (Fsp3) is 0.394. The summed E-state index contributed by atoms with van der Waals surface area (Å²) in [5.41, 5.74) is 3.81. The number of hydrogen-bond acceptors (Lipinski definition) is 7. The molecule has 2 saturated heterocycles. The number of aromatic nitrogens is 3. The van der Waals surface area contributed by atoms with Crippen LogP contribution in [0.3, 0.4) is 0 Å².